The molecule has 0 N–H and O–H groups in total. The standard InChI is InChI=1S/C26H43N3/c1-21(2)20-27-15-17-29(18-16-27)25-8-7-23(28-13-5-6-14-28)19-24(25)22-9-11-26(3,4)12-10-22/h7-8,19,21-22H,5-6,9-18,20H2,1-4H3. The summed E-state index contributed by atoms with van der Waals surface area (Å²) in [7, 11) is 0. The van der Waals surface area contributed by atoms with E-state index in [1.54, 1.807) is 11.3 Å². The predicted octanol–water partition coefficient (Wildman–Crippen LogP) is 5.75. The first-order valence-corrected chi connectivity index (χ1v) is 12.3. The van der Waals surface area contributed by atoms with Crippen LogP contribution in [-0.2, 0) is 0 Å². The topological polar surface area (TPSA) is 9.72 Å². The second kappa shape index (κ2) is 8.88. The Balaban J connectivity index is 1.54. The van der Waals surface area contributed by atoms with Gasteiger partial charge in [-0.1, -0.05) is 27.7 Å². The molecule has 2 saturated heterocycles. The fraction of sp³-hybridized carbons (Fsp3) is 0.769. The first kappa shape index (κ1) is 21.0. The molecule has 162 valence electrons. The van der Waals surface area contributed by atoms with E-state index in [0.717, 1.165) is 11.8 Å². The van der Waals surface area contributed by atoms with Crippen molar-refractivity contribution < 1.29 is 0 Å². The van der Waals surface area contributed by atoms with Gasteiger partial charge in [-0.05, 0) is 79.5 Å². The number of rotatable bonds is 5. The van der Waals surface area contributed by atoms with Gasteiger partial charge in [0.25, 0.3) is 0 Å². The maximum absolute atomic E-state index is 2.69. The van der Waals surface area contributed by atoms with Crippen molar-refractivity contribution in [3.63, 3.8) is 0 Å². The number of anilines is 2. The van der Waals surface area contributed by atoms with Gasteiger partial charge < -0.3 is 9.80 Å². The molecule has 1 aromatic rings. The Labute approximate surface area is 179 Å². The molecule has 0 bridgehead atoms. The molecule has 0 radical (unpaired) electrons. The Bertz CT molecular complexity index is 657. The SMILES string of the molecule is CC(C)CN1CCN(c2ccc(N3CCCC3)cc2C2CCC(C)(C)CC2)CC1. The lowest BCUT2D eigenvalue weighted by Gasteiger charge is -2.40. The molecule has 0 unspecified atom stereocenters. The molecule has 0 atom stereocenters. The van der Waals surface area contributed by atoms with Crippen molar-refractivity contribution in [3.05, 3.63) is 23.8 Å². The van der Waals surface area contributed by atoms with E-state index in [9.17, 15) is 0 Å². The number of piperazine rings is 1. The highest BCUT2D eigenvalue weighted by molar-refractivity contribution is 5.64. The summed E-state index contributed by atoms with van der Waals surface area (Å²) in [6.45, 7) is 18.1. The van der Waals surface area contributed by atoms with E-state index in [1.807, 2.05) is 0 Å². The maximum Gasteiger partial charge on any atom is 0.0404 e. The molecule has 2 aliphatic heterocycles. The van der Waals surface area contributed by atoms with E-state index < -0.39 is 0 Å². The van der Waals surface area contributed by atoms with Gasteiger partial charge in [-0.25, -0.2) is 0 Å². The van der Waals surface area contributed by atoms with Gasteiger partial charge in [0.2, 0.25) is 0 Å². The van der Waals surface area contributed by atoms with Crippen LogP contribution in [-0.4, -0.2) is 50.7 Å². The summed E-state index contributed by atoms with van der Waals surface area (Å²) in [5, 5.41) is 0. The van der Waals surface area contributed by atoms with Crippen molar-refractivity contribution in [2.45, 2.75) is 72.1 Å². The molecule has 3 aliphatic rings. The fourth-order valence-electron chi connectivity index (χ4n) is 5.73. The van der Waals surface area contributed by atoms with Crippen LogP contribution in [0.2, 0.25) is 0 Å². The first-order valence-electron chi connectivity index (χ1n) is 12.3. The summed E-state index contributed by atoms with van der Waals surface area (Å²) in [5.74, 6) is 1.51. The van der Waals surface area contributed by atoms with E-state index in [2.05, 4.69) is 60.6 Å². The van der Waals surface area contributed by atoms with Gasteiger partial charge in [0.15, 0.2) is 0 Å². The lowest BCUT2D eigenvalue weighted by molar-refractivity contribution is 0.222. The van der Waals surface area contributed by atoms with Crippen molar-refractivity contribution >= 4 is 11.4 Å². The predicted molar refractivity (Wildman–Crippen MR) is 126 cm³/mol. The zero-order valence-electron chi connectivity index (χ0n) is 19.4. The van der Waals surface area contributed by atoms with Gasteiger partial charge in [0.05, 0.1) is 0 Å². The minimum Gasteiger partial charge on any atom is -0.372 e. The molecule has 1 aromatic carbocycles. The molecule has 2 heterocycles. The van der Waals surface area contributed by atoms with Crippen LogP contribution in [0.3, 0.4) is 0 Å². The van der Waals surface area contributed by atoms with E-state index in [1.165, 1.54) is 90.0 Å². The van der Waals surface area contributed by atoms with Crippen molar-refractivity contribution in [1.82, 2.24) is 4.90 Å². The zero-order chi connectivity index (χ0) is 20.4. The minimum absolute atomic E-state index is 0.533. The Morgan fingerprint density at radius 3 is 2.17 bits per heavy atom. The van der Waals surface area contributed by atoms with Crippen LogP contribution in [0.25, 0.3) is 0 Å². The fourth-order valence-corrected chi connectivity index (χ4v) is 5.73. The maximum atomic E-state index is 2.69. The van der Waals surface area contributed by atoms with Crippen LogP contribution in [0.4, 0.5) is 11.4 Å². The van der Waals surface area contributed by atoms with Gasteiger partial charge in [-0.2, -0.15) is 0 Å². The van der Waals surface area contributed by atoms with E-state index in [0.29, 0.717) is 5.41 Å². The highest BCUT2D eigenvalue weighted by Gasteiger charge is 2.31. The monoisotopic (exact) mass is 397 g/mol. The summed E-state index contributed by atoms with van der Waals surface area (Å²) in [6, 6.07) is 7.47. The molecule has 0 spiro atoms. The van der Waals surface area contributed by atoms with Crippen LogP contribution >= 0.6 is 0 Å². The van der Waals surface area contributed by atoms with Crippen LogP contribution in [0.15, 0.2) is 18.2 Å². The van der Waals surface area contributed by atoms with Crippen LogP contribution in [0, 0.1) is 11.3 Å². The highest BCUT2D eigenvalue weighted by atomic mass is 15.3. The number of nitrogens with zero attached hydrogens (tertiary/aromatic N) is 3. The quantitative estimate of drug-likeness (QED) is 0.626. The van der Waals surface area contributed by atoms with Crippen molar-refractivity contribution in [1.29, 1.82) is 0 Å². The Morgan fingerprint density at radius 2 is 1.55 bits per heavy atom. The molecule has 3 nitrogen and oxygen atoms in total. The molecule has 0 aromatic heterocycles. The first-order chi connectivity index (χ1) is 13.9. The second-order valence-electron chi connectivity index (χ2n) is 11.1. The molecule has 29 heavy (non-hydrogen) atoms. The Morgan fingerprint density at radius 1 is 0.897 bits per heavy atom. The normalized spacial score (nSPS) is 23.9. The molecule has 0 amide bonds. The van der Waals surface area contributed by atoms with Gasteiger partial charge in [0, 0.05) is 57.2 Å². The molecular formula is C26H43N3. The van der Waals surface area contributed by atoms with E-state index in [4.69, 9.17) is 0 Å². The average Bonchev–Trinajstić information content (AvgIpc) is 3.23. The van der Waals surface area contributed by atoms with Gasteiger partial charge in [-0.3, -0.25) is 4.90 Å². The third-order valence-electron chi connectivity index (χ3n) is 7.60. The molecule has 3 heteroatoms. The average molecular weight is 398 g/mol. The summed E-state index contributed by atoms with van der Waals surface area (Å²) < 4.78 is 0. The lowest BCUT2D eigenvalue weighted by atomic mass is 9.71. The van der Waals surface area contributed by atoms with Gasteiger partial charge in [0.1, 0.15) is 0 Å². The Kier molecular flexibility index (Phi) is 6.44. The van der Waals surface area contributed by atoms with E-state index in [-0.39, 0.29) is 0 Å². The third kappa shape index (κ3) is 5.10. The second-order valence-corrected chi connectivity index (χ2v) is 11.1. The van der Waals surface area contributed by atoms with Crippen LogP contribution in [0.5, 0.6) is 0 Å². The summed E-state index contributed by atoms with van der Waals surface area (Å²) in [5.41, 5.74) is 5.21. The zero-order valence-corrected chi connectivity index (χ0v) is 19.4. The van der Waals surface area contributed by atoms with Crippen molar-refractivity contribution in [2.24, 2.45) is 11.3 Å². The van der Waals surface area contributed by atoms with Gasteiger partial charge in [-0.15, -0.1) is 0 Å². The smallest absolute Gasteiger partial charge is 0.0404 e. The number of hydrogen-bond donors (Lipinski definition) is 0. The Hall–Kier alpha value is -1.22. The summed E-state index contributed by atoms with van der Waals surface area (Å²) in [6.07, 6.45) is 8.16. The molecule has 1 aliphatic carbocycles. The van der Waals surface area contributed by atoms with E-state index >= 15 is 0 Å². The number of hydrogen-bond acceptors (Lipinski definition) is 3. The molecule has 3 fully saturated rings. The number of benzene rings is 1. The van der Waals surface area contributed by atoms with Crippen molar-refractivity contribution in [3.8, 4) is 0 Å². The third-order valence-corrected chi connectivity index (χ3v) is 7.60. The summed E-state index contributed by atoms with van der Waals surface area (Å²) in [4.78, 5) is 7.96. The van der Waals surface area contributed by atoms with Gasteiger partial charge >= 0.3 is 0 Å². The van der Waals surface area contributed by atoms with Crippen molar-refractivity contribution in [2.75, 3.05) is 55.6 Å². The highest BCUT2D eigenvalue weighted by Crippen LogP contribution is 2.45. The van der Waals surface area contributed by atoms with Crippen LogP contribution in [0.1, 0.15) is 77.7 Å². The molecule has 1 saturated carbocycles. The largest absolute Gasteiger partial charge is 0.372 e. The summed E-state index contributed by atoms with van der Waals surface area (Å²) >= 11 is 0. The molecular weight excluding hydrogens is 354 g/mol. The molecule has 4 rings (SSSR count). The lowest BCUT2D eigenvalue weighted by Crippen LogP contribution is -2.47. The van der Waals surface area contributed by atoms with Crippen LogP contribution < -0.4 is 9.80 Å². The minimum atomic E-state index is 0.533.